The van der Waals surface area contributed by atoms with E-state index in [1.807, 2.05) is 18.2 Å². The van der Waals surface area contributed by atoms with Crippen LogP contribution >= 0.6 is 11.6 Å². The van der Waals surface area contributed by atoms with E-state index in [0.29, 0.717) is 18.1 Å². The monoisotopic (exact) mass is 282 g/mol. The molecule has 0 spiro atoms. The molecule has 0 saturated heterocycles. The lowest BCUT2D eigenvalue weighted by Crippen LogP contribution is -2.41. The number of nitrogens with zero attached hydrogens (tertiary/aromatic N) is 1. The van der Waals surface area contributed by atoms with E-state index in [-0.39, 0.29) is 0 Å². The predicted octanol–water partition coefficient (Wildman–Crippen LogP) is 4.11. The van der Waals surface area contributed by atoms with Gasteiger partial charge in [-0.25, -0.2) is 0 Å². The molecule has 0 heterocycles. The van der Waals surface area contributed by atoms with Gasteiger partial charge in [-0.1, -0.05) is 36.7 Å². The zero-order chi connectivity index (χ0) is 14.4. The molecule has 1 N–H and O–H groups in total. The highest BCUT2D eigenvalue weighted by Crippen LogP contribution is 2.27. The van der Waals surface area contributed by atoms with Crippen LogP contribution in [0.3, 0.4) is 0 Å². The van der Waals surface area contributed by atoms with E-state index in [9.17, 15) is 0 Å². The van der Waals surface area contributed by atoms with E-state index in [1.165, 1.54) is 5.56 Å². The van der Waals surface area contributed by atoms with Gasteiger partial charge < -0.3 is 5.32 Å². The van der Waals surface area contributed by atoms with Gasteiger partial charge in [0.05, 0.1) is 0 Å². The molecule has 3 atom stereocenters. The minimum atomic E-state index is 0.322. The molecule has 19 heavy (non-hydrogen) atoms. The quantitative estimate of drug-likeness (QED) is 0.810. The van der Waals surface area contributed by atoms with E-state index < -0.39 is 0 Å². The lowest BCUT2D eigenvalue weighted by molar-refractivity contribution is 0.190. The minimum absolute atomic E-state index is 0.322. The van der Waals surface area contributed by atoms with Gasteiger partial charge in [0.25, 0.3) is 0 Å². The van der Waals surface area contributed by atoms with Crippen LogP contribution in [0.1, 0.15) is 45.7 Å². The van der Waals surface area contributed by atoms with Gasteiger partial charge in [-0.05, 0) is 45.9 Å². The Bertz CT molecular complexity index is 381. The number of rotatable bonds is 7. The van der Waals surface area contributed by atoms with Crippen molar-refractivity contribution in [2.24, 2.45) is 0 Å². The minimum Gasteiger partial charge on any atom is -0.313 e. The van der Waals surface area contributed by atoms with Crippen molar-refractivity contribution >= 4 is 11.6 Å². The Kier molecular flexibility index (Phi) is 6.84. The summed E-state index contributed by atoms with van der Waals surface area (Å²) in [4.78, 5) is 2.37. The van der Waals surface area contributed by atoms with Gasteiger partial charge in [0.15, 0.2) is 0 Å². The lowest BCUT2D eigenvalue weighted by atomic mass is 10.1. The summed E-state index contributed by atoms with van der Waals surface area (Å²) < 4.78 is 0. The average Bonchev–Trinajstić information content (AvgIpc) is 2.43. The van der Waals surface area contributed by atoms with Crippen LogP contribution in [0.4, 0.5) is 0 Å². The second-order valence-corrected chi connectivity index (χ2v) is 5.84. The zero-order valence-electron chi connectivity index (χ0n) is 12.8. The number of hydrogen-bond donors (Lipinski definition) is 1. The first kappa shape index (κ1) is 16.5. The van der Waals surface area contributed by atoms with Crippen molar-refractivity contribution in [3.8, 4) is 0 Å². The van der Waals surface area contributed by atoms with Crippen LogP contribution in [0.2, 0.25) is 5.02 Å². The maximum Gasteiger partial charge on any atom is 0.0453 e. The molecule has 0 aromatic heterocycles. The molecule has 108 valence electrons. The number of nitrogens with one attached hydrogen (secondary N) is 1. The Morgan fingerprint density at radius 2 is 1.84 bits per heavy atom. The fraction of sp³-hybridized carbons (Fsp3) is 0.625. The van der Waals surface area contributed by atoms with E-state index in [2.05, 4.69) is 51.0 Å². The molecule has 1 aromatic rings. The molecule has 2 nitrogen and oxygen atoms in total. The van der Waals surface area contributed by atoms with Gasteiger partial charge >= 0.3 is 0 Å². The smallest absolute Gasteiger partial charge is 0.0453 e. The van der Waals surface area contributed by atoms with Gasteiger partial charge in [-0.2, -0.15) is 0 Å². The SMILES string of the molecule is CCC(C)NCC(C)N(C)C(C)c1ccccc1Cl. The molecule has 1 rings (SSSR count). The molecule has 0 aliphatic carbocycles. The van der Waals surface area contributed by atoms with E-state index in [4.69, 9.17) is 11.6 Å². The van der Waals surface area contributed by atoms with Crippen molar-refractivity contribution < 1.29 is 0 Å². The summed E-state index contributed by atoms with van der Waals surface area (Å²) in [6, 6.07) is 9.47. The molecule has 3 heteroatoms. The molecule has 0 aliphatic heterocycles. The molecule has 1 aromatic carbocycles. The van der Waals surface area contributed by atoms with Crippen molar-refractivity contribution in [3.63, 3.8) is 0 Å². The highest BCUT2D eigenvalue weighted by Gasteiger charge is 2.19. The maximum atomic E-state index is 6.28. The normalized spacial score (nSPS) is 16.4. The summed E-state index contributed by atoms with van der Waals surface area (Å²) in [6.07, 6.45) is 1.16. The highest BCUT2D eigenvalue weighted by molar-refractivity contribution is 6.31. The van der Waals surface area contributed by atoms with Crippen LogP contribution in [0.15, 0.2) is 24.3 Å². The third kappa shape index (κ3) is 4.79. The third-order valence-electron chi connectivity index (χ3n) is 4.04. The second kappa shape index (κ2) is 7.88. The van der Waals surface area contributed by atoms with Crippen LogP contribution in [0.5, 0.6) is 0 Å². The summed E-state index contributed by atoms with van der Waals surface area (Å²) in [5, 5.41) is 4.41. The van der Waals surface area contributed by atoms with E-state index in [1.54, 1.807) is 0 Å². The maximum absolute atomic E-state index is 6.28. The number of hydrogen-bond acceptors (Lipinski definition) is 2. The molecule has 0 amide bonds. The van der Waals surface area contributed by atoms with Crippen LogP contribution in [-0.4, -0.2) is 30.6 Å². The molecule has 0 saturated carbocycles. The van der Waals surface area contributed by atoms with Crippen molar-refractivity contribution in [1.82, 2.24) is 10.2 Å². The number of halogens is 1. The molecule has 0 fully saturated rings. The first-order valence-corrected chi connectivity index (χ1v) is 7.54. The fourth-order valence-electron chi connectivity index (χ4n) is 2.08. The van der Waals surface area contributed by atoms with E-state index in [0.717, 1.165) is 18.0 Å². The van der Waals surface area contributed by atoms with Crippen LogP contribution < -0.4 is 5.32 Å². The van der Waals surface area contributed by atoms with Crippen molar-refractivity contribution in [2.75, 3.05) is 13.6 Å². The Labute approximate surface area is 123 Å². The van der Waals surface area contributed by atoms with Crippen LogP contribution in [0, 0.1) is 0 Å². The van der Waals surface area contributed by atoms with Crippen molar-refractivity contribution in [3.05, 3.63) is 34.9 Å². The fourth-order valence-corrected chi connectivity index (χ4v) is 2.37. The molecular weight excluding hydrogens is 256 g/mol. The zero-order valence-corrected chi connectivity index (χ0v) is 13.5. The Morgan fingerprint density at radius 3 is 2.42 bits per heavy atom. The highest BCUT2D eigenvalue weighted by atomic mass is 35.5. The summed E-state index contributed by atoms with van der Waals surface area (Å²) in [7, 11) is 2.16. The first-order valence-electron chi connectivity index (χ1n) is 7.17. The summed E-state index contributed by atoms with van der Waals surface area (Å²) >= 11 is 6.28. The number of likely N-dealkylation sites (N-methyl/N-ethyl adjacent to an activating group) is 1. The average molecular weight is 283 g/mol. The summed E-state index contributed by atoms with van der Waals surface area (Å²) in [6.45, 7) is 9.90. The Hall–Kier alpha value is -0.570. The van der Waals surface area contributed by atoms with Gasteiger partial charge in [-0.3, -0.25) is 4.90 Å². The molecule has 0 bridgehead atoms. The van der Waals surface area contributed by atoms with E-state index >= 15 is 0 Å². The van der Waals surface area contributed by atoms with Gasteiger partial charge in [-0.15, -0.1) is 0 Å². The Balaban J connectivity index is 2.61. The second-order valence-electron chi connectivity index (χ2n) is 5.43. The van der Waals surface area contributed by atoms with Crippen molar-refractivity contribution in [2.45, 2.75) is 52.2 Å². The third-order valence-corrected chi connectivity index (χ3v) is 4.38. The molecular formula is C16H27ClN2. The van der Waals surface area contributed by atoms with Gasteiger partial charge in [0.2, 0.25) is 0 Å². The molecule has 0 aliphatic rings. The number of benzene rings is 1. The summed E-state index contributed by atoms with van der Waals surface area (Å²) in [5.74, 6) is 0. The lowest BCUT2D eigenvalue weighted by Gasteiger charge is -2.32. The first-order chi connectivity index (χ1) is 8.97. The molecule has 0 radical (unpaired) electrons. The largest absolute Gasteiger partial charge is 0.313 e. The topological polar surface area (TPSA) is 15.3 Å². The van der Waals surface area contributed by atoms with Crippen LogP contribution in [0.25, 0.3) is 0 Å². The summed E-state index contributed by atoms with van der Waals surface area (Å²) in [5.41, 5.74) is 1.20. The van der Waals surface area contributed by atoms with Crippen molar-refractivity contribution in [1.29, 1.82) is 0 Å². The predicted molar refractivity (Wildman–Crippen MR) is 84.8 cm³/mol. The van der Waals surface area contributed by atoms with Gasteiger partial charge in [0, 0.05) is 29.7 Å². The van der Waals surface area contributed by atoms with Crippen LogP contribution in [-0.2, 0) is 0 Å². The Morgan fingerprint density at radius 1 is 1.21 bits per heavy atom. The van der Waals surface area contributed by atoms with Gasteiger partial charge in [0.1, 0.15) is 0 Å². The molecule has 3 unspecified atom stereocenters. The standard InChI is InChI=1S/C16H27ClN2/c1-6-12(2)18-11-13(3)19(5)14(4)15-9-7-8-10-16(15)17/h7-10,12-14,18H,6,11H2,1-5H3.